The monoisotopic (exact) mass is 572 g/mol. The Bertz CT molecular complexity index is 1260. The Labute approximate surface area is 255 Å². The largest absolute Gasteiger partial charge is 0.508 e. The Morgan fingerprint density at radius 2 is 1.57 bits per heavy atom. The molecule has 10 atom stereocenters. The highest BCUT2D eigenvalue weighted by Gasteiger charge is 2.70. The van der Waals surface area contributed by atoms with Gasteiger partial charge < -0.3 is 9.84 Å². The molecule has 1 aromatic carbocycles. The number of hydrogen-bond acceptors (Lipinski definition) is 3. The quantitative estimate of drug-likeness (QED) is 0.222. The van der Waals surface area contributed by atoms with Gasteiger partial charge in [-0.3, -0.25) is 0 Å². The summed E-state index contributed by atoms with van der Waals surface area (Å²) in [6, 6.07) is 6.89. The van der Waals surface area contributed by atoms with Gasteiger partial charge in [0.05, 0.1) is 0 Å². The SMILES string of the molecule is C=C(C)[C@@H]1CC[C@]2(C)CC[C@]3(C)[C@H](CC[C@@H]4[C@@]5(C)CC[C@H](OC(=O)/C=C/c6ccc(O)cc6)C(C)(C)[C@@H]5CC[C@]43C)[C@@H]12. The van der Waals surface area contributed by atoms with Crippen molar-refractivity contribution in [1.82, 2.24) is 0 Å². The van der Waals surface area contributed by atoms with E-state index in [0.29, 0.717) is 28.1 Å². The number of allylic oxidation sites excluding steroid dienone is 1. The standard InChI is InChI=1S/C39H56O3/c1-25(2)28-17-20-36(5)23-24-38(7)29(34(28)36)14-15-31-37(6)21-19-32(35(3,4)30(37)18-22-39(31,38)8)42-33(41)16-11-26-9-12-27(40)13-10-26/h9-13,16,28-32,34,40H,1,14-15,17-24H2,2-8H3/b16-11+/t28-,29+,30-,31+,32-,34+,36+,37-,38+,39+/m0/s1. The van der Waals surface area contributed by atoms with Crippen LogP contribution in [0.1, 0.15) is 118 Å². The molecule has 3 nitrogen and oxygen atoms in total. The molecule has 1 aromatic rings. The predicted molar refractivity (Wildman–Crippen MR) is 172 cm³/mol. The molecule has 0 bridgehead atoms. The van der Waals surface area contributed by atoms with E-state index in [1.165, 1.54) is 56.9 Å². The molecule has 0 heterocycles. The number of ether oxygens (including phenoxy) is 1. The Balaban J connectivity index is 1.22. The fraction of sp³-hybridized carbons (Fsp3) is 0.718. The van der Waals surface area contributed by atoms with Crippen molar-refractivity contribution in [3.63, 3.8) is 0 Å². The van der Waals surface area contributed by atoms with Crippen LogP contribution >= 0.6 is 0 Å². The zero-order valence-electron chi connectivity index (χ0n) is 27.5. The summed E-state index contributed by atoms with van der Waals surface area (Å²) in [4.78, 5) is 13.0. The van der Waals surface area contributed by atoms with Crippen molar-refractivity contribution >= 4 is 12.0 Å². The van der Waals surface area contributed by atoms with Gasteiger partial charge in [-0.05, 0) is 146 Å². The molecule has 0 saturated heterocycles. The Morgan fingerprint density at radius 1 is 0.857 bits per heavy atom. The average molecular weight is 573 g/mol. The summed E-state index contributed by atoms with van der Waals surface area (Å²) in [5, 5.41) is 9.54. The number of carbonyl (C=O) groups excluding carboxylic acids is 1. The lowest BCUT2D eigenvalue weighted by atomic mass is 9.32. The minimum Gasteiger partial charge on any atom is -0.508 e. The molecule has 5 saturated carbocycles. The molecular weight excluding hydrogens is 516 g/mol. The van der Waals surface area contributed by atoms with Crippen LogP contribution in [0.4, 0.5) is 0 Å². The van der Waals surface area contributed by atoms with Gasteiger partial charge in [0.2, 0.25) is 0 Å². The summed E-state index contributed by atoms with van der Waals surface area (Å²) >= 11 is 0. The van der Waals surface area contributed by atoms with E-state index in [9.17, 15) is 9.90 Å². The van der Waals surface area contributed by atoms with E-state index in [1.807, 2.05) is 12.1 Å². The van der Waals surface area contributed by atoms with Gasteiger partial charge in [-0.25, -0.2) is 4.79 Å². The summed E-state index contributed by atoms with van der Waals surface area (Å²) in [6.45, 7) is 22.3. The molecule has 0 amide bonds. The van der Waals surface area contributed by atoms with Gasteiger partial charge in [0.25, 0.3) is 0 Å². The maximum absolute atomic E-state index is 13.0. The summed E-state index contributed by atoms with van der Waals surface area (Å²) in [6.07, 6.45) is 16.2. The molecule has 5 aliphatic carbocycles. The summed E-state index contributed by atoms with van der Waals surface area (Å²) < 4.78 is 6.22. The third-order valence-corrected chi connectivity index (χ3v) is 15.0. The number of aromatic hydroxyl groups is 1. The van der Waals surface area contributed by atoms with Crippen LogP contribution in [0.5, 0.6) is 5.75 Å². The van der Waals surface area contributed by atoms with E-state index in [2.05, 4.69) is 55.0 Å². The molecule has 6 rings (SSSR count). The summed E-state index contributed by atoms with van der Waals surface area (Å²) in [5.41, 5.74) is 3.78. The van der Waals surface area contributed by atoms with Crippen molar-refractivity contribution in [3.8, 4) is 5.75 Å². The minimum atomic E-state index is -0.257. The summed E-state index contributed by atoms with van der Waals surface area (Å²) in [5.74, 6) is 3.57. The molecule has 1 N–H and O–H groups in total. The van der Waals surface area contributed by atoms with Gasteiger partial charge in [-0.2, -0.15) is 0 Å². The Morgan fingerprint density at radius 3 is 2.26 bits per heavy atom. The zero-order valence-corrected chi connectivity index (χ0v) is 27.5. The van der Waals surface area contributed by atoms with Crippen molar-refractivity contribution in [2.24, 2.45) is 56.7 Å². The first-order valence-electron chi connectivity index (χ1n) is 17.0. The second-order valence-electron chi connectivity index (χ2n) is 17.1. The second-order valence-corrected chi connectivity index (χ2v) is 17.1. The molecule has 0 aromatic heterocycles. The molecule has 0 spiro atoms. The fourth-order valence-electron chi connectivity index (χ4n) is 12.6. The van der Waals surface area contributed by atoms with Gasteiger partial charge in [0.1, 0.15) is 11.9 Å². The van der Waals surface area contributed by atoms with Crippen molar-refractivity contribution in [2.75, 3.05) is 0 Å². The molecule has 0 aliphatic heterocycles. The first-order valence-corrected chi connectivity index (χ1v) is 17.0. The van der Waals surface area contributed by atoms with Crippen LogP contribution in [-0.2, 0) is 9.53 Å². The highest BCUT2D eigenvalue weighted by Crippen LogP contribution is 2.77. The van der Waals surface area contributed by atoms with E-state index < -0.39 is 0 Å². The molecule has 0 radical (unpaired) electrons. The maximum atomic E-state index is 13.0. The van der Waals surface area contributed by atoms with Crippen molar-refractivity contribution in [2.45, 2.75) is 119 Å². The van der Waals surface area contributed by atoms with E-state index >= 15 is 0 Å². The highest BCUT2D eigenvalue weighted by atomic mass is 16.5. The van der Waals surface area contributed by atoms with Crippen LogP contribution in [0, 0.1) is 56.7 Å². The fourth-order valence-corrected chi connectivity index (χ4v) is 12.6. The first kappa shape index (κ1) is 30.0. The second kappa shape index (κ2) is 10.00. The van der Waals surface area contributed by atoms with Crippen LogP contribution in [0.15, 0.2) is 42.5 Å². The lowest BCUT2D eigenvalue weighted by Gasteiger charge is -2.73. The van der Waals surface area contributed by atoms with E-state index in [-0.39, 0.29) is 28.7 Å². The number of carbonyl (C=O) groups is 1. The van der Waals surface area contributed by atoms with Crippen LogP contribution in [0.3, 0.4) is 0 Å². The van der Waals surface area contributed by atoms with Gasteiger partial charge in [0, 0.05) is 11.5 Å². The summed E-state index contributed by atoms with van der Waals surface area (Å²) in [7, 11) is 0. The topological polar surface area (TPSA) is 46.5 Å². The highest BCUT2D eigenvalue weighted by molar-refractivity contribution is 5.87. The number of esters is 1. The van der Waals surface area contributed by atoms with Gasteiger partial charge in [-0.1, -0.05) is 65.8 Å². The predicted octanol–water partition coefficient (Wildman–Crippen LogP) is 9.99. The van der Waals surface area contributed by atoms with Crippen LogP contribution in [-0.4, -0.2) is 17.2 Å². The number of fused-ring (bicyclic) bond motifs is 7. The number of phenols is 1. The van der Waals surface area contributed by atoms with Gasteiger partial charge in [-0.15, -0.1) is 0 Å². The molecule has 0 unspecified atom stereocenters. The Kier molecular flexibility index (Phi) is 7.14. The van der Waals surface area contributed by atoms with E-state index in [4.69, 9.17) is 4.74 Å². The Hall–Kier alpha value is -2.03. The molecule has 5 aliphatic rings. The van der Waals surface area contributed by atoms with Gasteiger partial charge >= 0.3 is 5.97 Å². The smallest absolute Gasteiger partial charge is 0.331 e. The third-order valence-electron chi connectivity index (χ3n) is 15.0. The van der Waals surface area contributed by atoms with Crippen molar-refractivity contribution in [3.05, 3.63) is 48.1 Å². The van der Waals surface area contributed by atoms with Crippen LogP contribution < -0.4 is 0 Å². The van der Waals surface area contributed by atoms with Gasteiger partial charge in [0.15, 0.2) is 0 Å². The lowest BCUT2D eigenvalue weighted by molar-refractivity contribution is -0.248. The number of hydrogen-bond donors (Lipinski definition) is 1. The van der Waals surface area contributed by atoms with Crippen LogP contribution in [0.2, 0.25) is 0 Å². The van der Waals surface area contributed by atoms with Crippen molar-refractivity contribution in [1.29, 1.82) is 0 Å². The maximum Gasteiger partial charge on any atom is 0.331 e. The number of phenolic OH excluding ortho intramolecular Hbond substituents is 1. The third kappa shape index (κ3) is 4.29. The normalized spacial score (nSPS) is 45.8. The molecule has 42 heavy (non-hydrogen) atoms. The first-order chi connectivity index (χ1) is 19.7. The average Bonchev–Trinajstić information content (AvgIpc) is 3.28. The minimum absolute atomic E-state index is 0.0598. The molecule has 230 valence electrons. The number of rotatable bonds is 4. The molecule has 3 heteroatoms. The zero-order chi connectivity index (χ0) is 30.3. The van der Waals surface area contributed by atoms with Crippen LogP contribution in [0.25, 0.3) is 6.08 Å². The molecule has 5 fully saturated rings. The molecular formula is C39H56O3. The lowest BCUT2D eigenvalue weighted by Crippen LogP contribution is -2.66. The number of benzene rings is 1. The van der Waals surface area contributed by atoms with Crippen molar-refractivity contribution < 1.29 is 14.6 Å². The van der Waals surface area contributed by atoms with E-state index in [1.54, 1.807) is 24.3 Å². The van der Waals surface area contributed by atoms with E-state index in [0.717, 1.165) is 36.2 Å².